The molecule has 0 aromatic carbocycles. The molecule has 132 valence electrons. The van der Waals surface area contributed by atoms with Gasteiger partial charge in [-0.1, -0.05) is 18.3 Å². The summed E-state index contributed by atoms with van der Waals surface area (Å²) in [5.41, 5.74) is -0.809. The van der Waals surface area contributed by atoms with Gasteiger partial charge in [0, 0.05) is 26.1 Å². The number of terminal acetylenes is 1. The van der Waals surface area contributed by atoms with E-state index in [0.29, 0.717) is 19.8 Å². The molecule has 5 heteroatoms. The maximum Gasteiger partial charge on any atom is 0.222 e. The third-order valence-electron chi connectivity index (χ3n) is 4.79. The first-order chi connectivity index (χ1) is 11.7. The molecule has 1 saturated carbocycles. The Morgan fingerprint density at radius 3 is 2.46 bits per heavy atom. The van der Waals surface area contributed by atoms with Crippen molar-refractivity contribution in [3.8, 4) is 24.2 Å². The highest BCUT2D eigenvalue weighted by atomic mass is 16.8. The fourth-order valence-electron chi connectivity index (χ4n) is 3.44. The number of epoxide rings is 1. The lowest BCUT2D eigenvalue weighted by Crippen LogP contribution is -2.38. The summed E-state index contributed by atoms with van der Waals surface area (Å²) in [5, 5.41) is 0. The Labute approximate surface area is 144 Å². The van der Waals surface area contributed by atoms with E-state index < -0.39 is 17.7 Å². The number of rotatable bonds is 5. The zero-order valence-electron chi connectivity index (χ0n) is 14.5. The van der Waals surface area contributed by atoms with Crippen molar-refractivity contribution >= 4 is 0 Å². The molecule has 1 spiro atoms. The molecule has 1 aliphatic carbocycles. The molecule has 0 N–H and O–H groups in total. The van der Waals surface area contributed by atoms with Gasteiger partial charge >= 0.3 is 0 Å². The lowest BCUT2D eigenvalue weighted by atomic mass is 9.94. The summed E-state index contributed by atoms with van der Waals surface area (Å²) in [5.74, 6) is 8.27. The molecule has 24 heavy (non-hydrogen) atoms. The molecular weight excluding hydrogens is 308 g/mol. The van der Waals surface area contributed by atoms with Crippen molar-refractivity contribution in [2.24, 2.45) is 0 Å². The molecule has 2 saturated heterocycles. The normalized spacial score (nSPS) is 33.9. The van der Waals surface area contributed by atoms with E-state index in [-0.39, 0.29) is 12.2 Å². The zero-order valence-corrected chi connectivity index (χ0v) is 14.5. The van der Waals surface area contributed by atoms with Crippen molar-refractivity contribution < 1.29 is 23.7 Å². The first-order valence-electron chi connectivity index (χ1n) is 8.89. The molecule has 0 amide bonds. The summed E-state index contributed by atoms with van der Waals surface area (Å²) in [6, 6.07) is 0. The van der Waals surface area contributed by atoms with Gasteiger partial charge in [-0.2, -0.15) is 0 Å². The summed E-state index contributed by atoms with van der Waals surface area (Å²) < 4.78 is 28.8. The van der Waals surface area contributed by atoms with E-state index in [1.807, 2.05) is 13.8 Å². The van der Waals surface area contributed by atoms with Gasteiger partial charge in [0.25, 0.3) is 0 Å². The quantitative estimate of drug-likeness (QED) is 0.438. The van der Waals surface area contributed by atoms with Gasteiger partial charge in [0.05, 0.1) is 6.61 Å². The van der Waals surface area contributed by atoms with Crippen LogP contribution in [0.25, 0.3) is 0 Å². The highest BCUT2D eigenvalue weighted by Crippen LogP contribution is 2.47. The molecule has 0 aromatic heterocycles. The van der Waals surface area contributed by atoms with Crippen molar-refractivity contribution in [3.05, 3.63) is 0 Å². The summed E-state index contributed by atoms with van der Waals surface area (Å²) >= 11 is 0. The molecule has 5 nitrogen and oxygen atoms in total. The van der Waals surface area contributed by atoms with Crippen molar-refractivity contribution in [1.82, 2.24) is 0 Å². The molecule has 0 unspecified atom stereocenters. The van der Waals surface area contributed by atoms with Gasteiger partial charge in [-0.05, 0) is 32.6 Å². The fraction of sp³-hybridized carbons (Fsp3) is 0.789. The highest BCUT2D eigenvalue weighted by molar-refractivity contribution is 5.35. The van der Waals surface area contributed by atoms with E-state index in [1.165, 1.54) is 6.42 Å². The standard InChI is InChI=1S/C19H26O5/c1-4-19(15(24-19)10-11-17(20-5-2)21-6-3)16-14-22-18(23-16)12-8-7-9-13-18/h1,15-17H,5-9,12-14H2,2-3H3/t15-,16-,19+/m1/s1. The average molecular weight is 334 g/mol. The maximum absolute atomic E-state index is 6.22. The topological polar surface area (TPSA) is 49.5 Å². The van der Waals surface area contributed by atoms with Gasteiger partial charge < -0.3 is 23.7 Å². The van der Waals surface area contributed by atoms with Crippen LogP contribution in [0.3, 0.4) is 0 Å². The van der Waals surface area contributed by atoms with Crippen LogP contribution in [0.1, 0.15) is 46.0 Å². The largest absolute Gasteiger partial charge is 0.347 e. The first-order valence-corrected chi connectivity index (χ1v) is 8.89. The molecule has 3 aliphatic rings. The second-order valence-corrected chi connectivity index (χ2v) is 6.36. The van der Waals surface area contributed by atoms with Gasteiger partial charge in [-0.15, -0.1) is 6.42 Å². The summed E-state index contributed by atoms with van der Waals surface area (Å²) in [7, 11) is 0. The molecule has 0 radical (unpaired) electrons. The SMILES string of the molecule is C#C[C@]1([C@H]2COC3(CCCCC3)O2)O[C@@H]1C#CC(OCC)OCC. The third kappa shape index (κ3) is 3.47. The molecule has 3 fully saturated rings. The van der Waals surface area contributed by atoms with E-state index in [0.717, 1.165) is 25.7 Å². The Balaban J connectivity index is 1.63. The second kappa shape index (κ2) is 7.44. The Hall–Kier alpha value is -1.08. The van der Waals surface area contributed by atoms with Crippen molar-refractivity contribution in [1.29, 1.82) is 0 Å². The Morgan fingerprint density at radius 1 is 1.12 bits per heavy atom. The molecule has 2 heterocycles. The molecule has 0 bridgehead atoms. The highest BCUT2D eigenvalue weighted by Gasteiger charge is 2.65. The van der Waals surface area contributed by atoms with Crippen LogP contribution >= 0.6 is 0 Å². The number of ether oxygens (including phenoxy) is 5. The summed E-state index contributed by atoms with van der Waals surface area (Å²) in [6.07, 6.45) is 9.91. The van der Waals surface area contributed by atoms with Crippen LogP contribution in [0.4, 0.5) is 0 Å². The van der Waals surface area contributed by atoms with Gasteiger partial charge in [-0.3, -0.25) is 0 Å². The van der Waals surface area contributed by atoms with E-state index in [9.17, 15) is 0 Å². The van der Waals surface area contributed by atoms with Crippen LogP contribution in [0.15, 0.2) is 0 Å². The van der Waals surface area contributed by atoms with Crippen molar-refractivity contribution in [2.45, 2.75) is 75.8 Å². The Bertz CT molecular complexity index is 530. The number of hydrogen-bond donors (Lipinski definition) is 0. The Morgan fingerprint density at radius 2 is 1.83 bits per heavy atom. The van der Waals surface area contributed by atoms with Gasteiger partial charge in [0.1, 0.15) is 6.10 Å². The fourth-order valence-corrected chi connectivity index (χ4v) is 3.44. The number of hydrogen-bond acceptors (Lipinski definition) is 5. The molecular formula is C19H26O5. The minimum atomic E-state index is -0.809. The predicted octanol–water partition coefficient (Wildman–Crippen LogP) is 2.24. The third-order valence-corrected chi connectivity index (χ3v) is 4.79. The van der Waals surface area contributed by atoms with E-state index in [1.54, 1.807) is 0 Å². The lowest BCUT2D eigenvalue weighted by Gasteiger charge is -2.32. The molecule has 3 atom stereocenters. The van der Waals surface area contributed by atoms with Crippen LogP contribution in [-0.2, 0) is 23.7 Å². The van der Waals surface area contributed by atoms with Gasteiger partial charge in [-0.25, -0.2) is 0 Å². The summed E-state index contributed by atoms with van der Waals surface area (Å²) in [4.78, 5) is 0. The first kappa shape index (κ1) is 17.7. The van der Waals surface area contributed by atoms with Crippen LogP contribution in [0.2, 0.25) is 0 Å². The van der Waals surface area contributed by atoms with Crippen molar-refractivity contribution in [3.63, 3.8) is 0 Å². The van der Waals surface area contributed by atoms with Crippen LogP contribution in [-0.4, -0.2) is 49.7 Å². The average Bonchev–Trinajstić information content (AvgIpc) is 3.19. The van der Waals surface area contributed by atoms with Crippen molar-refractivity contribution in [2.75, 3.05) is 19.8 Å². The van der Waals surface area contributed by atoms with Crippen LogP contribution in [0.5, 0.6) is 0 Å². The van der Waals surface area contributed by atoms with E-state index in [4.69, 9.17) is 30.1 Å². The molecule has 0 aromatic rings. The minimum absolute atomic E-state index is 0.266. The second-order valence-electron chi connectivity index (χ2n) is 6.36. The van der Waals surface area contributed by atoms with E-state index >= 15 is 0 Å². The van der Waals surface area contributed by atoms with Gasteiger partial charge in [0.15, 0.2) is 17.5 Å². The van der Waals surface area contributed by atoms with E-state index in [2.05, 4.69) is 17.8 Å². The molecule has 3 rings (SSSR count). The van der Waals surface area contributed by atoms with Gasteiger partial charge in [0.2, 0.25) is 6.29 Å². The molecule has 2 aliphatic heterocycles. The summed E-state index contributed by atoms with van der Waals surface area (Å²) in [6.45, 7) is 5.34. The monoisotopic (exact) mass is 334 g/mol. The minimum Gasteiger partial charge on any atom is -0.347 e. The van der Waals surface area contributed by atoms with Crippen LogP contribution in [0, 0.1) is 24.2 Å². The zero-order chi connectivity index (χ0) is 17.0. The smallest absolute Gasteiger partial charge is 0.222 e. The predicted molar refractivity (Wildman–Crippen MR) is 87.9 cm³/mol. The maximum atomic E-state index is 6.22. The lowest BCUT2D eigenvalue weighted by molar-refractivity contribution is -0.190. The van der Waals surface area contributed by atoms with Crippen LogP contribution < -0.4 is 0 Å². The Kier molecular flexibility index (Phi) is 5.49.